The van der Waals surface area contributed by atoms with Crippen molar-refractivity contribution in [3.8, 4) is 0 Å². The summed E-state index contributed by atoms with van der Waals surface area (Å²) in [6, 6.07) is 11.6. The molecule has 0 unspecified atom stereocenters. The van der Waals surface area contributed by atoms with E-state index in [1.54, 1.807) is 23.2 Å². The average molecular weight is 310 g/mol. The number of amides is 1. The van der Waals surface area contributed by atoms with E-state index >= 15 is 0 Å². The highest BCUT2D eigenvalue weighted by molar-refractivity contribution is 5.92. The van der Waals surface area contributed by atoms with E-state index < -0.39 is 0 Å². The van der Waals surface area contributed by atoms with Crippen molar-refractivity contribution < 1.29 is 4.79 Å². The van der Waals surface area contributed by atoms with E-state index in [-0.39, 0.29) is 11.9 Å². The first-order chi connectivity index (χ1) is 11.1. The van der Waals surface area contributed by atoms with Gasteiger partial charge in [-0.3, -0.25) is 4.79 Å². The Morgan fingerprint density at radius 2 is 2.04 bits per heavy atom. The Balaban J connectivity index is 2.19. The van der Waals surface area contributed by atoms with Crippen LogP contribution in [0.25, 0.3) is 0 Å². The molecule has 5 nitrogen and oxygen atoms in total. The molecule has 23 heavy (non-hydrogen) atoms. The Hall–Kier alpha value is -2.69. The molecule has 0 saturated carbocycles. The van der Waals surface area contributed by atoms with Gasteiger partial charge in [0.1, 0.15) is 5.69 Å². The van der Waals surface area contributed by atoms with Gasteiger partial charge >= 0.3 is 0 Å². The number of anilines is 1. The summed E-state index contributed by atoms with van der Waals surface area (Å²) < 4.78 is 0. The lowest BCUT2D eigenvalue weighted by molar-refractivity contribution is 0.0684. The minimum atomic E-state index is -0.104. The molecule has 1 N–H and O–H groups in total. The number of benzene rings is 1. The second kappa shape index (κ2) is 8.08. The van der Waals surface area contributed by atoms with E-state index in [4.69, 9.17) is 0 Å². The first-order valence-electron chi connectivity index (χ1n) is 7.64. The van der Waals surface area contributed by atoms with Crippen LogP contribution in [0.15, 0.2) is 55.3 Å². The van der Waals surface area contributed by atoms with Crippen LogP contribution in [0.3, 0.4) is 0 Å². The van der Waals surface area contributed by atoms with Crippen LogP contribution in [-0.2, 0) is 6.54 Å². The van der Waals surface area contributed by atoms with Crippen LogP contribution in [0.1, 0.15) is 29.9 Å². The van der Waals surface area contributed by atoms with E-state index in [0.29, 0.717) is 24.7 Å². The first kappa shape index (κ1) is 16.7. The normalized spacial score (nSPS) is 10.4. The largest absolute Gasteiger partial charge is 0.351 e. The van der Waals surface area contributed by atoms with Gasteiger partial charge in [-0.2, -0.15) is 0 Å². The fourth-order valence-electron chi connectivity index (χ4n) is 2.14. The highest BCUT2D eigenvalue weighted by Gasteiger charge is 2.20. The molecule has 0 bridgehead atoms. The standard InChI is InChI=1S/C18H22N4O/c1-4-11-19-18-20-12-10-16(21-18)17(23)22(14(2)3)13-15-8-6-5-7-9-15/h4-10,12,14H,1,11,13H2,2-3H3,(H,19,20,21). The van der Waals surface area contributed by atoms with Crippen molar-refractivity contribution in [2.45, 2.75) is 26.4 Å². The van der Waals surface area contributed by atoms with Gasteiger partial charge in [0.15, 0.2) is 0 Å². The van der Waals surface area contributed by atoms with Crippen LogP contribution >= 0.6 is 0 Å². The van der Waals surface area contributed by atoms with Crippen molar-refractivity contribution in [1.29, 1.82) is 0 Å². The van der Waals surface area contributed by atoms with Crippen molar-refractivity contribution in [2.24, 2.45) is 0 Å². The van der Waals surface area contributed by atoms with Gasteiger partial charge < -0.3 is 10.2 Å². The summed E-state index contributed by atoms with van der Waals surface area (Å²) in [4.78, 5) is 23.0. The number of carbonyl (C=O) groups is 1. The van der Waals surface area contributed by atoms with Crippen LogP contribution < -0.4 is 5.32 Å². The summed E-state index contributed by atoms with van der Waals surface area (Å²) in [6.45, 7) is 8.74. The minimum absolute atomic E-state index is 0.0715. The zero-order chi connectivity index (χ0) is 16.7. The van der Waals surface area contributed by atoms with Gasteiger partial charge in [0, 0.05) is 25.3 Å². The molecule has 0 atom stereocenters. The topological polar surface area (TPSA) is 58.1 Å². The quantitative estimate of drug-likeness (QED) is 0.798. The zero-order valence-corrected chi connectivity index (χ0v) is 13.6. The summed E-state index contributed by atoms with van der Waals surface area (Å²) in [5, 5.41) is 3.00. The first-order valence-corrected chi connectivity index (χ1v) is 7.64. The van der Waals surface area contributed by atoms with Gasteiger partial charge in [0.2, 0.25) is 5.95 Å². The SMILES string of the molecule is C=CCNc1nccc(C(=O)N(Cc2ccccc2)C(C)C)n1. The summed E-state index contributed by atoms with van der Waals surface area (Å²) in [5.74, 6) is 0.326. The van der Waals surface area contributed by atoms with Crippen molar-refractivity contribution in [1.82, 2.24) is 14.9 Å². The molecule has 2 rings (SSSR count). The lowest BCUT2D eigenvalue weighted by Gasteiger charge is -2.26. The van der Waals surface area contributed by atoms with Crippen molar-refractivity contribution in [2.75, 3.05) is 11.9 Å². The Labute approximate surface area is 137 Å². The van der Waals surface area contributed by atoms with Gasteiger partial charge in [-0.15, -0.1) is 6.58 Å². The Bertz CT molecular complexity index is 655. The molecule has 1 amide bonds. The van der Waals surface area contributed by atoms with Crippen molar-refractivity contribution in [3.05, 3.63) is 66.5 Å². The lowest BCUT2D eigenvalue weighted by atomic mass is 10.1. The van der Waals surface area contributed by atoms with Gasteiger partial charge in [-0.05, 0) is 25.5 Å². The fourth-order valence-corrected chi connectivity index (χ4v) is 2.14. The number of nitrogens with zero attached hydrogens (tertiary/aromatic N) is 3. The highest BCUT2D eigenvalue weighted by atomic mass is 16.2. The highest BCUT2D eigenvalue weighted by Crippen LogP contribution is 2.13. The second-order valence-electron chi connectivity index (χ2n) is 5.45. The molecule has 0 aliphatic rings. The van der Waals surface area contributed by atoms with Crippen LogP contribution in [0.4, 0.5) is 5.95 Å². The molecule has 0 aliphatic heterocycles. The zero-order valence-electron chi connectivity index (χ0n) is 13.6. The van der Waals surface area contributed by atoms with E-state index in [2.05, 4.69) is 21.9 Å². The van der Waals surface area contributed by atoms with Crippen molar-refractivity contribution >= 4 is 11.9 Å². The summed E-state index contributed by atoms with van der Waals surface area (Å²) in [5.41, 5.74) is 1.48. The van der Waals surface area contributed by atoms with E-state index in [1.807, 2.05) is 44.2 Å². The molecule has 5 heteroatoms. The van der Waals surface area contributed by atoms with Crippen LogP contribution in [0, 0.1) is 0 Å². The molecular weight excluding hydrogens is 288 g/mol. The predicted molar refractivity (Wildman–Crippen MR) is 92.2 cm³/mol. The van der Waals surface area contributed by atoms with Gasteiger partial charge in [0.25, 0.3) is 5.91 Å². The number of nitrogens with one attached hydrogen (secondary N) is 1. The van der Waals surface area contributed by atoms with Crippen LogP contribution in [0.5, 0.6) is 0 Å². The molecule has 120 valence electrons. The summed E-state index contributed by atoms with van der Waals surface area (Å²) in [7, 11) is 0. The smallest absolute Gasteiger partial charge is 0.273 e. The Kier molecular flexibility index (Phi) is 5.86. The predicted octanol–water partition coefficient (Wildman–Crippen LogP) is 3.13. The van der Waals surface area contributed by atoms with E-state index in [9.17, 15) is 4.79 Å². The molecule has 0 fully saturated rings. The number of carbonyl (C=O) groups excluding carboxylic acids is 1. The van der Waals surface area contributed by atoms with E-state index in [1.165, 1.54) is 0 Å². The number of rotatable bonds is 7. The molecule has 0 spiro atoms. The third-order valence-electron chi connectivity index (χ3n) is 3.36. The fraction of sp³-hybridized carbons (Fsp3) is 0.278. The molecule has 1 heterocycles. The van der Waals surface area contributed by atoms with Gasteiger partial charge in [-0.25, -0.2) is 9.97 Å². The number of hydrogen-bond acceptors (Lipinski definition) is 4. The third kappa shape index (κ3) is 4.64. The molecule has 1 aromatic carbocycles. The third-order valence-corrected chi connectivity index (χ3v) is 3.36. The molecule has 0 saturated heterocycles. The maximum absolute atomic E-state index is 12.8. The monoisotopic (exact) mass is 310 g/mol. The van der Waals surface area contributed by atoms with Gasteiger partial charge in [0.05, 0.1) is 0 Å². The summed E-state index contributed by atoms with van der Waals surface area (Å²) >= 11 is 0. The van der Waals surface area contributed by atoms with Crippen LogP contribution in [-0.4, -0.2) is 33.4 Å². The Morgan fingerprint density at radius 3 is 2.70 bits per heavy atom. The Morgan fingerprint density at radius 1 is 1.30 bits per heavy atom. The average Bonchev–Trinajstić information content (AvgIpc) is 2.58. The molecular formula is C18H22N4O. The molecule has 1 aromatic heterocycles. The maximum Gasteiger partial charge on any atom is 0.273 e. The summed E-state index contributed by atoms with van der Waals surface area (Å²) in [6.07, 6.45) is 3.31. The van der Waals surface area contributed by atoms with Gasteiger partial charge in [-0.1, -0.05) is 36.4 Å². The maximum atomic E-state index is 12.8. The van der Waals surface area contributed by atoms with Crippen LogP contribution in [0.2, 0.25) is 0 Å². The number of aromatic nitrogens is 2. The molecule has 0 radical (unpaired) electrons. The molecule has 2 aromatic rings. The van der Waals surface area contributed by atoms with Crippen molar-refractivity contribution in [3.63, 3.8) is 0 Å². The second-order valence-corrected chi connectivity index (χ2v) is 5.45. The number of hydrogen-bond donors (Lipinski definition) is 1. The van der Waals surface area contributed by atoms with E-state index in [0.717, 1.165) is 5.56 Å². The lowest BCUT2D eigenvalue weighted by Crippen LogP contribution is -2.37. The molecule has 0 aliphatic carbocycles. The minimum Gasteiger partial charge on any atom is -0.351 e.